The zero-order valence-corrected chi connectivity index (χ0v) is 9.62. The molecule has 94 valence electrons. The van der Waals surface area contributed by atoms with Gasteiger partial charge in [-0.25, -0.2) is 8.78 Å². The van der Waals surface area contributed by atoms with Crippen molar-refractivity contribution in [3.63, 3.8) is 0 Å². The van der Waals surface area contributed by atoms with Crippen molar-refractivity contribution in [1.82, 2.24) is 5.43 Å². The van der Waals surface area contributed by atoms with Gasteiger partial charge in [0, 0.05) is 12.5 Å². The lowest BCUT2D eigenvalue weighted by atomic mass is 9.89. The van der Waals surface area contributed by atoms with Gasteiger partial charge in [0.25, 0.3) is 0 Å². The van der Waals surface area contributed by atoms with E-state index in [-0.39, 0.29) is 18.1 Å². The minimum Gasteiger partial charge on any atom is -0.378 e. The predicted molar refractivity (Wildman–Crippen MR) is 59.9 cm³/mol. The van der Waals surface area contributed by atoms with E-state index >= 15 is 0 Å². The van der Waals surface area contributed by atoms with E-state index in [4.69, 9.17) is 10.6 Å². The van der Waals surface area contributed by atoms with Crippen LogP contribution in [0.25, 0.3) is 0 Å². The normalized spacial score (nSPS) is 26.1. The van der Waals surface area contributed by atoms with E-state index in [0.29, 0.717) is 12.2 Å². The third kappa shape index (κ3) is 2.46. The molecule has 0 radical (unpaired) electrons. The van der Waals surface area contributed by atoms with Crippen LogP contribution in [0.1, 0.15) is 24.9 Å². The number of ether oxygens (including phenoxy) is 1. The van der Waals surface area contributed by atoms with Crippen molar-refractivity contribution in [3.8, 4) is 0 Å². The van der Waals surface area contributed by atoms with Gasteiger partial charge in [0.1, 0.15) is 0 Å². The highest BCUT2D eigenvalue weighted by Gasteiger charge is 2.32. The van der Waals surface area contributed by atoms with Crippen molar-refractivity contribution < 1.29 is 13.5 Å². The molecular formula is C12H16F2N2O. The Labute approximate surface area is 98.9 Å². The fourth-order valence-corrected chi connectivity index (χ4v) is 2.36. The molecule has 1 aliphatic rings. The minimum absolute atomic E-state index is 0.0594. The van der Waals surface area contributed by atoms with Crippen LogP contribution in [-0.4, -0.2) is 12.7 Å². The zero-order valence-electron chi connectivity index (χ0n) is 9.62. The maximum absolute atomic E-state index is 13.2. The van der Waals surface area contributed by atoms with Crippen molar-refractivity contribution in [2.24, 2.45) is 11.8 Å². The Morgan fingerprint density at radius 1 is 1.41 bits per heavy atom. The third-order valence-corrected chi connectivity index (χ3v) is 3.35. The molecule has 17 heavy (non-hydrogen) atoms. The van der Waals surface area contributed by atoms with Crippen molar-refractivity contribution in [1.29, 1.82) is 0 Å². The molecule has 1 aromatic rings. The molecular weight excluding hydrogens is 226 g/mol. The molecule has 0 aliphatic carbocycles. The van der Waals surface area contributed by atoms with Gasteiger partial charge in [-0.15, -0.1) is 0 Å². The summed E-state index contributed by atoms with van der Waals surface area (Å²) in [7, 11) is 0. The zero-order chi connectivity index (χ0) is 12.4. The van der Waals surface area contributed by atoms with E-state index < -0.39 is 11.6 Å². The summed E-state index contributed by atoms with van der Waals surface area (Å²) >= 11 is 0. The Hall–Kier alpha value is -1.04. The fraction of sp³-hybridized carbons (Fsp3) is 0.500. The number of hydrogen-bond donors (Lipinski definition) is 2. The Balaban J connectivity index is 2.25. The van der Waals surface area contributed by atoms with Gasteiger partial charge in [-0.2, -0.15) is 0 Å². The fourth-order valence-electron chi connectivity index (χ4n) is 2.36. The first-order valence-electron chi connectivity index (χ1n) is 5.66. The average Bonchev–Trinajstić information content (AvgIpc) is 2.71. The van der Waals surface area contributed by atoms with E-state index in [2.05, 4.69) is 5.43 Å². The Morgan fingerprint density at radius 2 is 2.18 bits per heavy atom. The standard InChI is InChI=1S/C12H16F2N2O/c1-7-9(4-5-17-7)12(16-15)8-2-3-10(13)11(14)6-8/h2-3,6-7,9,12,16H,4-5,15H2,1H3. The van der Waals surface area contributed by atoms with Crippen LogP contribution >= 0.6 is 0 Å². The van der Waals surface area contributed by atoms with Crippen LogP contribution in [0.15, 0.2) is 18.2 Å². The first-order valence-corrected chi connectivity index (χ1v) is 5.66. The first-order chi connectivity index (χ1) is 8.13. The van der Waals surface area contributed by atoms with Gasteiger partial charge in [0.05, 0.1) is 12.1 Å². The summed E-state index contributed by atoms with van der Waals surface area (Å²) in [4.78, 5) is 0. The van der Waals surface area contributed by atoms with E-state index in [1.807, 2.05) is 6.92 Å². The minimum atomic E-state index is -0.852. The van der Waals surface area contributed by atoms with Gasteiger partial charge in [-0.1, -0.05) is 6.07 Å². The molecule has 3 atom stereocenters. The molecule has 0 spiro atoms. The number of halogens is 2. The molecule has 3 nitrogen and oxygen atoms in total. The van der Waals surface area contributed by atoms with E-state index in [9.17, 15) is 8.78 Å². The summed E-state index contributed by atoms with van der Waals surface area (Å²) in [6.07, 6.45) is 0.916. The topological polar surface area (TPSA) is 47.3 Å². The summed E-state index contributed by atoms with van der Waals surface area (Å²) in [6, 6.07) is 3.64. The lowest BCUT2D eigenvalue weighted by molar-refractivity contribution is 0.0953. The molecule has 0 bridgehead atoms. The van der Waals surface area contributed by atoms with Crippen LogP contribution in [0.4, 0.5) is 8.78 Å². The van der Waals surface area contributed by atoms with Crippen LogP contribution in [0, 0.1) is 17.6 Å². The van der Waals surface area contributed by atoms with Gasteiger partial charge in [0.15, 0.2) is 11.6 Å². The number of benzene rings is 1. The number of hydrazine groups is 1. The van der Waals surface area contributed by atoms with E-state index in [0.717, 1.165) is 12.5 Å². The Bertz CT molecular complexity index is 400. The van der Waals surface area contributed by atoms with Crippen LogP contribution in [-0.2, 0) is 4.74 Å². The summed E-state index contributed by atoms with van der Waals surface area (Å²) in [5.74, 6) is 3.98. The maximum Gasteiger partial charge on any atom is 0.159 e. The predicted octanol–water partition coefficient (Wildman–Crippen LogP) is 1.89. The van der Waals surface area contributed by atoms with E-state index in [1.54, 1.807) is 6.07 Å². The average molecular weight is 242 g/mol. The monoisotopic (exact) mass is 242 g/mol. The molecule has 1 saturated heterocycles. The van der Waals surface area contributed by atoms with Crippen molar-refractivity contribution >= 4 is 0 Å². The molecule has 1 aromatic carbocycles. The number of rotatable bonds is 3. The summed E-state index contributed by atoms with van der Waals surface area (Å²) in [6.45, 7) is 2.63. The molecule has 2 rings (SSSR count). The second-order valence-corrected chi connectivity index (χ2v) is 4.35. The summed E-state index contributed by atoms with van der Waals surface area (Å²) in [5, 5.41) is 0. The molecule has 3 N–H and O–H groups in total. The number of nitrogens with two attached hydrogens (primary N) is 1. The summed E-state index contributed by atoms with van der Waals surface area (Å²) < 4.78 is 31.5. The molecule has 1 heterocycles. The van der Waals surface area contributed by atoms with Crippen LogP contribution in [0.3, 0.4) is 0 Å². The molecule has 1 fully saturated rings. The van der Waals surface area contributed by atoms with Crippen molar-refractivity contribution in [2.45, 2.75) is 25.5 Å². The third-order valence-electron chi connectivity index (χ3n) is 3.35. The van der Waals surface area contributed by atoms with Gasteiger partial charge < -0.3 is 4.74 Å². The van der Waals surface area contributed by atoms with Gasteiger partial charge in [0.2, 0.25) is 0 Å². The van der Waals surface area contributed by atoms with Gasteiger partial charge in [-0.05, 0) is 31.0 Å². The lowest BCUT2D eigenvalue weighted by Crippen LogP contribution is -2.36. The molecule has 3 unspecified atom stereocenters. The summed E-state index contributed by atoms with van der Waals surface area (Å²) in [5.41, 5.74) is 3.32. The maximum atomic E-state index is 13.2. The second-order valence-electron chi connectivity index (χ2n) is 4.35. The molecule has 0 saturated carbocycles. The SMILES string of the molecule is CC1OCCC1C(NN)c1ccc(F)c(F)c1. The Kier molecular flexibility index (Phi) is 3.71. The van der Waals surface area contributed by atoms with E-state index in [1.165, 1.54) is 6.07 Å². The number of hydrogen-bond acceptors (Lipinski definition) is 3. The highest BCUT2D eigenvalue weighted by molar-refractivity contribution is 5.22. The highest BCUT2D eigenvalue weighted by Crippen LogP contribution is 2.33. The molecule has 0 amide bonds. The van der Waals surface area contributed by atoms with Crippen LogP contribution < -0.4 is 11.3 Å². The quantitative estimate of drug-likeness (QED) is 0.628. The number of nitrogens with one attached hydrogen (secondary N) is 1. The van der Waals surface area contributed by atoms with Gasteiger partial charge >= 0.3 is 0 Å². The Morgan fingerprint density at radius 3 is 2.71 bits per heavy atom. The molecule has 1 aliphatic heterocycles. The van der Waals surface area contributed by atoms with Crippen LogP contribution in [0.2, 0.25) is 0 Å². The lowest BCUT2D eigenvalue weighted by Gasteiger charge is -2.25. The largest absolute Gasteiger partial charge is 0.378 e. The van der Waals surface area contributed by atoms with Crippen molar-refractivity contribution in [3.05, 3.63) is 35.4 Å². The smallest absolute Gasteiger partial charge is 0.159 e. The molecule has 0 aromatic heterocycles. The van der Waals surface area contributed by atoms with Crippen molar-refractivity contribution in [2.75, 3.05) is 6.61 Å². The van der Waals surface area contributed by atoms with Crippen LogP contribution in [0.5, 0.6) is 0 Å². The second kappa shape index (κ2) is 5.08. The molecule has 5 heteroatoms. The first kappa shape index (κ1) is 12.4. The highest BCUT2D eigenvalue weighted by atomic mass is 19.2. The van der Waals surface area contributed by atoms with Gasteiger partial charge in [-0.3, -0.25) is 11.3 Å².